The Hall–Kier alpha value is -2.12. The summed E-state index contributed by atoms with van der Waals surface area (Å²) in [4.78, 5) is 18.5. The highest BCUT2D eigenvalue weighted by Gasteiger charge is 2.32. The number of hydrogen-bond donors (Lipinski definition) is 2. The summed E-state index contributed by atoms with van der Waals surface area (Å²) in [5, 5.41) is 14.7. The summed E-state index contributed by atoms with van der Waals surface area (Å²) in [5.41, 5.74) is 1.75. The molecule has 1 aliphatic rings. The monoisotopic (exact) mass is 375 g/mol. The van der Waals surface area contributed by atoms with Crippen LogP contribution in [-0.2, 0) is 19.8 Å². The first-order valence-electron chi connectivity index (χ1n) is 8.88. The molecule has 1 aromatic heterocycles. The topological polar surface area (TPSA) is 74.7 Å². The maximum atomic E-state index is 12.4. The number of carbonyl (C=O) groups excluding carboxylic acids is 1. The third-order valence-corrected chi connectivity index (χ3v) is 4.93. The molecule has 0 aliphatic heterocycles. The van der Waals surface area contributed by atoms with E-state index >= 15 is 0 Å². The zero-order valence-electron chi connectivity index (χ0n) is 15.1. The Morgan fingerprint density at radius 1 is 1.38 bits per heavy atom. The fourth-order valence-electron chi connectivity index (χ4n) is 2.60. The maximum Gasteiger partial charge on any atom is 0.318 e. The van der Waals surface area contributed by atoms with Crippen LogP contribution >= 0.6 is 11.3 Å². The fraction of sp³-hybridized carbons (Fsp3) is 0.474. The van der Waals surface area contributed by atoms with Crippen LogP contribution in [0.2, 0.25) is 0 Å². The van der Waals surface area contributed by atoms with Gasteiger partial charge in [0.2, 0.25) is 0 Å². The highest BCUT2D eigenvalue weighted by molar-refractivity contribution is 7.09. The predicted octanol–water partition coefficient (Wildman–Crippen LogP) is 3.30. The molecule has 1 aliphatic carbocycles. The lowest BCUT2D eigenvalue weighted by atomic mass is 10.2. The molecule has 6 nitrogen and oxygen atoms in total. The third-order valence-electron chi connectivity index (χ3n) is 4.06. The fourth-order valence-corrected chi connectivity index (χ4v) is 3.30. The molecule has 0 atom stereocenters. The van der Waals surface area contributed by atoms with E-state index in [1.165, 1.54) is 11.3 Å². The lowest BCUT2D eigenvalue weighted by molar-refractivity contribution is 0.189. The number of carbonyl (C=O) groups is 1. The highest BCUT2D eigenvalue weighted by atomic mass is 32.1. The molecule has 0 unspecified atom stereocenters. The van der Waals surface area contributed by atoms with Crippen molar-refractivity contribution in [1.29, 1.82) is 0 Å². The summed E-state index contributed by atoms with van der Waals surface area (Å²) in [6.07, 6.45) is 2.16. The Morgan fingerprint density at radius 2 is 2.12 bits per heavy atom. The van der Waals surface area contributed by atoms with Crippen LogP contribution in [0.25, 0.3) is 0 Å². The van der Waals surface area contributed by atoms with Crippen LogP contribution in [0.1, 0.15) is 43.0 Å². The minimum absolute atomic E-state index is 0.00582. The molecular weight excluding hydrogens is 350 g/mol. The molecule has 2 amide bonds. The quantitative estimate of drug-likeness (QED) is 0.742. The predicted molar refractivity (Wildman–Crippen MR) is 101 cm³/mol. The lowest BCUT2D eigenvalue weighted by Crippen LogP contribution is -2.43. The van der Waals surface area contributed by atoms with Gasteiger partial charge in [-0.05, 0) is 44.4 Å². The van der Waals surface area contributed by atoms with Gasteiger partial charge in [0.25, 0.3) is 0 Å². The summed E-state index contributed by atoms with van der Waals surface area (Å²) in [6.45, 7) is 4.89. The van der Waals surface area contributed by atoms with Gasteiger partial charge < -0.3 is 20.1 Å². The van der Waals surface area contributed by atoms with Gasteiger partial charge in [-0.3, -0.25) is 0 Å². The van der Waals surface area contributed by atoms with Crippen LogP contribution in [0, 0.1) is 0 Å². The van der Waals surface area contributed by atoms with Crippen LogP contribution < -0.4 is 10.1 Å². The normalized spacial score (nSPS) is 13.7. The second-order valence-corrected chi connectivity index (χ2v) is 7.73. The van der Waals surface area contributed by atoms with Crippen molar-refractivity contribution in [1.82, 2.24) is 15.2 Å². The summed E-state index contributed by atoms with van der Waals surface area (Å²) in [5.74, 6) is 0.763. The molecular formula is C19H25N3O3S. The van der Waals surface area contributed by atoms with E-state index in [9.17, 15) is 4.79 Å². The van der Waals surface area contributed by atoms with Gasteiger partial charge in [-0.25, -0.2) is 9.78 Å². The van der Waals surface area contributed by atoms with Crippen molar-refractivity contribution in [3.8, 4) is 5.75 Å². The van der Waals surface area contributed by atoms with Gasteiger partial charge in [0.15, 0.2) is 0 Å². The SMILES string of the molecule is CC(C)NC(=O)N(Cc1ccc(OCc2nc(CO)cs2)cc1)C1CC1. The Morgan fingerprint density at radius 3 is 2.69 bits per heavy atom. The average Bonchev–Trinajstić information content (AvgIpc) is 3.35. The van der Waals surface area contributed by atoms with Crippen molar-refractivity contribution in [2.45, 2.75) is 58.5 Å². The van der Waals surface area contributed by atoms with Crippen molar-refractivity contribution in [3.05, 3.63) is 45.9 Å². The molecule has 26 heavy (non-hydrogen) atoms. The van der Waals surface area contributed by atoms with E-state index in [4.69, 9.17) is 9.84 Å². The summed E-state index contributed by atoms with van der Waals surface area (Å²) >= 11 is 1.48. The van der Waals surface area contributed by atoms with E-state index in [1.807, 2.05) is 48.4 Å². The molecule has 140 valence electrons. The van der Waals surface area contributed by atoms with Crippen molar-refractivity contribution in [2.75, 3.05) is 0 Å². The molecule has 1 fully saturated rings. The van der Waals surface area contributed by atoms with Gasteiger partial charge in [0, 0.05) is 24.0 Å². The number of aliphatic hydroxyl groups excluding tert-OH is 1. The summed E-state index contributed by atoms with van der Waals surface area (Å²) in [6, 6.07) is 8.32. The second kappa shape index (κ2) is 8.51. The van der Waals surface area contributed by atoms with Crippen LogP contribution in [0.3, 0.4) is 0 Å². The van der Waals surface area contributed by atoms with Crippen LogP contribution in [-0.4, -0.2) is 33.1 Å². The summed E-state index contributed by atoms with van der Waals surface area (Å²) < 4.78 is 5.74. The van der Waals surface area contributed by atoms with Crippen LogP contribution in [0.5, 0.6) is 5.75 Å². The zero-order valence-corrected chi connectivity index (χ0v) is 16.0. The van der Waals surface area contributed by atoms with E-state index in [0.717, 1.165) is 29.2 Å². The van der Waals surface area contributed by atoms with Crippen LogP contribution in [0.15, 0.2) is 29.6 Å². The van der Waals surface area contributed by atoms with Gasteiger partial charge in [-0.2, -0.15) is 0 Å². The van der Waals surface area contributed by atoms with E-state index in [1.54, 1.807) is 0 Å². The van der Waals surface area contributed by atoms with Gasteiger partial charge >= 0.3 is 6.03 Å². The number of benzene rings is 1. The number of aromatic nitrogens is 1. The van der Waals surface area contributed by atoms with E-state index < -0.39 is 0 Å². The van der Waals surface area contributed by atoms with E-state index in [-0.39, 0.29) is 18.7 Å². The van der Waals surface area contributed by atoms with Crippen molar-refractivity contribution in [2.24, 2.45) is 0 Å². The standard InChI is InChI=1S/C19H25N3O3S/c1-13(2)20-19(24)22(16-5-6-16)9-14-3-7-17(8-4-14)25-11-18-21-15(10-23)12-26-18/h3-4,7-8,12-13,16,23H,5-6,9-11H2,1-2H3,(H,20,24). The molecule has 2 N–H and O–H groups in total. The van der Waals surface area contributed by atoms with Crippen molar-refractivity contribution < 1.29 is 14.6 Å². The molecule has 0 bridgehead atoms. The van der Waals surface area contributed by atoms with Gasteiger partial charge in [-0.15, -0.1) is 11.3 Å². The molecule has 1 aromatic carbocycles. The Labute approximate surface area is 157 Å². The first-order chi connectivity index (χ1) is 12.5. The smallest absolute Gasteiger partial charge is 0.318 e. The number of nitrogens with zero attached hydrogens (tertiary/aromatic N) is 2. The number of rotatable bonds is 8. The second-order valence-electron chi connectivity index (χ2n) is 6.79. The molecule has 0 saturated heterocycles. The minimum Gasteiger partial charge on any atom is -0.486 e. The molecule has 0 spiro atoms. The van der Waals surface area contributed by atoms with Gasteiger partial charge in [-0.1, -0.05) is 12.1 Å². The third kappa shape index (κ3) is 5.19. The number of nitrogens with one attached hydrogen (secondary N) is 1. The maximum absolute atomic E-state index is 12.4. The van der Waals surface area contributed by atoms with Gasteiger partial charge in [0.1, 0.15) is 17.4 Å². The molecule has 2 aromatic rings. The number of ether oxygens (including phenoxy) is 1. The molecule has 1 heterocycles. The first kappa shape index (κ1) is 18.7. The molecule has 0 radical (unpaired) electrons. The minimum atomic E-state index is -0.0485. The Balaban J connectivity index is 1.55. The molecule has 1 saturated carbocycles. The zero-order chi connectivity index (χ0) is 18.5. The number of thiazole rings is 1. The number of amides is 2. The average molecular weight is 375 g/mol. The van der Waals surface area contributed by atoms with Crippen molar-refractivity contribution in [3.63, 3.8) is 0 Å². The largest absolute Gasteiger partial charge is 0.486 e. The molecule has 7 heteroatoms. The number of aliphatic hydroxyl groups is 1. The van der Waals surface area contributed by atoms with Crippen molar-refractivity contribution >= 4 is 17.4 Å². The lowest BCUT2D eigenvalue weighted by Gasteiger charge is -2.24. The Kier molecular flexibility index (Phi) is 6.11. The van der Waals surface area contributed by atoms with Gasteiger partial charge in [0.05, 0.1) is 12.3 Å². The summed E-state index contributed by atoms with van der Waals surface area (Å²) in [7, 11) is 0. The highest BCUT2D eigenvalue weighted by Crippen LogP contribution is 2.29. The molecule has 3 rings (SSSR count). The van der Waals surface area contributed by atoms with Crippen LogP contribution in [0.4, 0.5) is 4.79 Å². The first-order valence-corrected chi connectivity index (χ1v) is 9.76. The number of hydrogen-bond acceptors (Lipinski definition) is 5. The van der Waals surface area contributed by atoms with E-state index in [0.29, 0.717) is 24.9 Å². The van der Waals surface area contributed by atoms with E-state index in [2.05, 4.69) is 10.3 Å². The Bertz CT molecular complexity index is 726. The number of urea groups is 1.